The Kier molecular flexibility index (Phi) is 2.91. The molecule has 0 unspecified atom stereocenters. The summed E-state index contributed by atoms with van der Waals surface area (Å²) < 4.78 is 11.4. The molecule has 2 aromatic rings. The molecule has 0 saturated heterocycles. The normalized spacial score (nSPS) is 20.2. The van der Waals surface area contributed by atoms with Gasteiger partial charge in [0.25, 0.3) is 5.69 Å². The van der Waals surface area contributed by atoms with Crippen LogP contribution in [0.3, 0.4) is 0 Å². The SMILES string of the molecule is CO[C@@]1(c2ccc([N+](=O)[O-])cc2)COc2ccccc21. The summed E-state index contributed by atoms with van der Waals surface area (Å²) in [6, 6.07) is 14.1. The lowest BCUT2D eigenvalue weighted by Crippen LogP contribution is -2.31. The highest BCUT2D eigenvalue weighted by Gasteiger charge is 2.42. The van der Waals surface area contributed by atoms with Gasteiger partial charge in [-0.2, -0.15) is 0 Å². The molecule has 20 heavy (non-hydrogen) atoms. The third-order valence-corrected chi connectivity index (χ3v) is 3.65. The van der Waals surface area contributed by atoms with Gasteiger partial charge in [0.05, 0.1) is 4.92 Å². The molecular weight excluding hydrogens is 258 g/mol. The van der Waals surface area contributed by atoms with Gasteiger partial charge in [-0.05, 0) is 23.8 Å². The summed E-state index contributed by atoms with van der Waals surface area (Å²) in [7, 11) is 1.62. The molecule has 0 amide bonds. The minimum Gasteiger partial charge on any atom is -0.489 e. The van der Waals surface area contributed by atoms with E-state index in [1.807, 2.05) is 24.3 Å². The minimum atomic E-state index is -0.703. The molecule has 1 aliphatic heterocycles. The maximum Gasteiger partial charge on any atom is 0.269 e. The van der Waals surface area contributed by atoms with E-state index < -0.39 is 10.5 Å². The monoisotopic (exact) mass is 271 g/mol. The van der Waals surface area contributed by atoms with Crippen molar-refractivity contribution >= 4 is 5.69 Å². The number of methoxy groups -OCH3 is 1. The summed E-state index contributed by atoms with van der Waals surface area (Å²) in [5.41, 5.74) is 1.14. The zero-order chi connectivity index (χ0) is 14.2. The van der Waals surface area contributed by atoms with Gasteiger partial charge < -0.3 is 9.47 Å². The van der Waals surface area contributed by atoms with Crippen LogP contribution in [-0.4, -0.2) is 18.6 Å². The summed E-state index contributed by atoms with van der Waals surface area (Å²) in [6.45, 7) is 0.362. The van der Waals surface area contributed by atoms with Crippen molar-refractivity contribution in [3.05, 3.63) is 69.8 Å². The van der Waals surface area contributed by atoms with E-state index in [9.17, 15) is 10.1 Å². The molecule has 1 heterocycles. The molecule has 0 radical (unpaired) electrons. The van der Waals surface area contributed by atoms with Crippen LogP contribution in [0.15, 0.2) is 48.5 Å². The molecule has 0 saturated carbocycles. The lowest BCUT2D eigenvalue weighted by molar-refractivity contribution is -0.384. The number of benzene rings is 2. The predicted octanol–water partition coefficient (Wildman–Crippen LogP) is 2.88. The quantitative estimate of drug-likeness (QED) is 0.636. The number of non-ortho nitro benzene ring substituents is 1. The fourth-order valence-electron chi connectivity index (χ4n) is 2.56. The van der Waals surface area contributed by atoms with Gasteiger partial charge in [-0.15, -0.1) is 0 Å². The van der Waals surface area contributed by atoms with Gasteiger partial charge in [-0.3, -0.25) is 10.1 Å². The van der Waals surface area contributed by atoms with Crippen molar-refractivity contribution in [2.24, 2.45) is 0 Å². The first kappa shape index (κ1) is 12.6. The summed E-state index contributed by atoms with van der Waals surface area (Å²) in [5.74, 6) is 0.785. The Hall–Kier alpha value is -2.40. The Balaban J connectivity index is 2.09. The highest BCUT2D eigenvalue weighted by molar-refractivity contribution is 5.50. The Morgan fingerprint density at radius 1 is 1.20 bits per heavy atom. The summed E-state index contributed by atoms with van der Waals surface area (Å²) >= 11 is 0. The molecule has 0 aliphatic carbocycles. The number of hydrogen-bond acceptors (Lipinski definition) is 4. The van der Waals surface area contributed by atoms with Crippen LogP contribution in [0.5, 0.6) is 5.75 Å². The molecule has 5 heteroatoms. The maximum atomic E-state index is 10.7. The Bertz CT molecular complexity index is 653. The molecule has 0 N–H and O–H groups in total. The average molecular weight is 271 g/mol. The first-order chi connectivity index (χ1) is 9.67. The predicted molar refractivity (Wildman–Crippen MR) is 72.8 cm³/mol. The second kappa shape index (κ2) is 4.61. The molecule has 0 bridgehead atoms. The number of nitro benzene ring substituents is 1. The van der Waals surface area contributed by atoms with Crippen LogP contribution in [0.1, 0.15) is 11.1 Å². The van der Waals surface area contributed by atoms with E-state index in [1.165, 1.54) is 12.1 Å². The van der Waals surface area contributed by atoms with Crippen LogP contribution in [0.4, 0.5) is 5.69 Å². The summed E-state index contributed by atoms with van der Waals surface area (Å²) in [5, 5.41) is 10.7. The molecule has 5 nitrogen and oxygen atoms in total. The van der Waals surface area contributed by atoms with Gasteiger partial charge in [0, 0.05) is 24.8 Å². The number of fused-ring (bicyclic) bond motifs is 1. The Morgan fingerprint density at radius 3 is 2.55 bits per heavy atom. The first-order valence-corrected chi connectivity index (χ1v) is 6.20. The molecule has 2 aromatic carbocycles. The van der Waals surface area contributed by atoms with Crippen LogP contribution >= 0.6 is 0 Å². The number of hydrogen-bond donors (Lipinski definition) is 0. The fraction of sp³-hybridized carbons (Fsp3) is 0.200. The van der Waals surface area contributed by atoms with Crippen molar-refractivity contribution in [1.29, 1.82) is 0 Å². The average Bonchev–Trinajstić information content (AvgIpc) is 2.87. The van der Waals surface area contributed by atoms with Crippen LogP contribution in [0, 0.1) is 10.1 Å². The van der Waals surface area contributed by atoms with Crippen LogP contribution in [-0.2, 0) is 10.3 Å². The van der Waals surface area contributed by atoms with Gasteiger partial charge in [-0.1, -0.05) is 18.2 Å². The van der Waals surface area contributed by atoms with E-state index in [-0.39, 0.29) is 5.69 Å². The summed E-state index contributed by atoms with van der Waals surface area (Å²) in [4.78, 5) is 10.3. The van der Waals surface area contributed by atoms with Gasteiger partial charge in [0.2, 0.25) is 0 Å². The number of nitro groups is 1. The van der Waals surface area contributed by atoms with Crippen LogP contribution in [0.2, 0.25) is 0 Å². The van der Waals surface area contributed by atoms with Crippen molar-refractivity contribution in [2.75, 3.05) is 13.7 Å². The molecule has 0 aromatic heterocycles. The van der Waals surface area contributed by atoms with E-state index in [4.69, 9.17) is 9.47 Å². The van der Waals surface area contributed by atoms with E-state index >= 15 is 0 Å². The smallest absolute Gasteiger partial charge is 0.269 e. The molecule has 0 fully saturated rings. The maximum absolute atomic E-state index is 10.7. The zero-order valence-electron chi connectivity index (χ0n) is 10.9. The number of ether oxygens (including phenoxy) is 2. The Labute approximate surface area is 115 Å². The van der Waals surface area contributed by atoms with Gasteiger partial charge in [0.1, 0.15) is 12.4 Å². The highest BCUT2D eigenvalue weighted by Crippen LogP contribution is 2.44. The van der Waals surface area contributed by atoms with Gasteiger partial charge in [0.15, 0.2) is 5.60 Å². The number of nitrogens with zero attached hydrogens (tertiary/aromatic N) is 1. The van der Waals surface area contributed by atoms with Crippen molar-refractivity contribution < 1.29 is 14.4 Å². The van der Waals surface area contributed by atoms with Gasteiger partial charge >= 0.3 is 0 Å². The molecule has 1 atom stereocenters. The van der Waals surface area contributed by atoms with Crippen molar-refractivity contribution in [3.8, 4) is 5.75 Å². The molecular formula is C15H13NO4. The fourth-order valence-corrected chi connectivity index (χ4v) is 2.56. The minimum absolute atomic E-state index is 0.0622. The lowest BCUT2D eigenvalue weighted by Gasteiger charge is -2.26. The van der Waals surface area contributed by atoms with Crippen LogP contribution < -0.4 is 4.74 Å². The van der Waals surface area contributed by atoms with E-state index in [0.29, 0.717) is 6.61 Å². The second-order valence-corrected chi connectivity index (χ2v) is 4.62. The third-order valence-electron chi connectivity index (χ3n) is 3.65. The van der Waals surface area contributed by atoms with E-state index in [0.717, 1.165) is 16.9 Å². The Morgan fingerprint density at radius 2 is 1.90 bits per heavy atom. The van der Waals surface area contributed by atoms with Crippen molar-refractivity contribution in [1.82, 2.24) is 0 Å². The largest absolute Gasteiger partial charge is 0.489 e. The van der Waals surface area contributed by atoms with E-state index in [2.05, 4.69) is 0 Å². The lowest BCUT2D eigenvalue weighted by atomic mass is 9.88. The molecule has 1 aliphatic rings. The zero-order valence-corrected chi connectivity index (χ0v) is 10.9. The van der Waals surface area contributed by atoms with Crippen molar-refractivity contribution in [3.63, 3.8) is 0 Å². The second-order valence-electron chi connectivity index (χ2n) is 4.62. The standard InChI is InChI=1S/C15H13NO4/c1-19-15(10-20-14-5-3-2-4-13(14)15)11-6-8-12(9-7-11)16(17)18/h2-9H,10H2,1H3/t15-/m1/s1. The first-order valence-electron chi connectivity index (χ1n) is 6.20. The summed E-state index contributed by atoms with van der Waals surface area (Å²) in [6.07, 6.45) is 0. The topological polar surface area (TPSA) is 61.6 Å². The van der Waals surface area contributed by atoms with Crippen LogP contribution in [0.25, 0.3) is 0 Å². The molecule has 3 rings (SSSR count). The molecule has 102 valence electrons. The number of para-hydroxylation sites is 1. The highest BCUT2D eigenvalue weighted by atomic mass is 16.6. The molecule has 0 spiro atoms. The van der Waals surface area contributed by atoms with Crippen molar-refractivity contribution in [2.45, 2.75) is 5.60 Å². The number of rotatable bonds is 3. The third kappa shape index (κ3) is 1.75. The van der Waals surface area contributed by atoms with E-state index in [1.54, 1.807) is 19.2 Å². The van der Waals surface area contributed by atoms with Gasteiger partial charge in [-0.25, -0.2) is 0 Å².